The Bertz CT molecular complexity index is 791. The molecule has 1 N–H and O–H groups in total. The molecule has 0 spiro atoms. The molecule has 2 heterocycles. The molecule has 1 aliphatic carbocycles. The van der Waals surface area contributed by atoms with Crippen molar-refractivity contribution in [2.75, 3.05) is 6.54 Å². The number of amides is 1. The maximum Gasteiger partial charge on any atom is 0.220 e. The summed E-state index contributed by atoms with van der Waals surface area (Å²) in [4.78, 5) is 20.8. The van der Waals surface area contributed by atoms with Gasteiger partial charge in [-0.2, -0.15) is 0 Å². The van der Waals surface area contributed by atoms with Crippen molar-refractivity contribution in [1.82, 2.24) is 15.3 Å². The van der Waals surface area contributed by atoms with E-state index in [0.29, 0.717) is 29.7 Å². The second-order valence-electron chi connectivity index (χ2n) is 7.12. The van der Waals surface area contributed by atoms with Crippen LogP contribution in [0.2, 0.25) is 5.02 Å². The average molecular weight is 372 g/mol. The summed E-state index contributed by atoms with van der Waals surface area (Å²) in [6.45, 7) is 0.507. The Kier molecular flexibility index (Phi) is 5.07. The number of rotatable bonds is 5. The van der Waals surface area contributed by atoms with Crippen LogP contribution < -0.4 is 10.1 Å². The van der Waals surface area contributed by atoms with Crippen molar-refractivity contribution in [1.29, 1.82) is 0 Å². The highest BCUT2D eigenvalue weighted by Crippen LogP contribution is 2.39. The summed E-state index contributed by atoms with van der Waals surface area (Å²) in [5, 5.41) is 3.67. The summed E-state index contributed by atoms with van der Waals surface area (Å²) in [7, 11) is 0. The lowest BCUT2D eigenvalue weighted by Crippen LogP contribution is -2.35. The van der Waals surface area contributed by atoms with Crippen molar-refractivity contribution in [3.63, 3.8) is 0 Å². The Labute approximate surface area is 158 Å². The van der Waals surface area contributed by atoms with E-state index in [2.05, 4.69) is 15.3 Å². The van der Waals surface area contributed by atoms with Crippen LogP contribution in [0.4, 0.5) is 0 Å². The van der Waals surface area contributed by atoms with E-state index in [1.165, 1.54) is 25.7 Å². The molecule has 4 rings (SSSR count). The first kappa shape index (κ1) is 17.3. The summed E-state index contributed by atoms with van der Waals surface area (Å²) >= 11 is 6.27. The van der Waals surface area contributed by atoms with Crippen LogP contribution in [0, 0.1) is 5.92 Å². The van der Waals surface area contributed by atoms with Gasteiger partial charge in [-0.1, -0.05) is 24.4 Å². The number of carbonyl (C=O) groups excluding carboxylic acids is 1. The SMILES string of the molecule is O=C(CC1CCCC1)NC[C@H]1Cc2cc(Cl)cc(-c3ncccn3)c2O1. The predicted octanol–water partition coefficient (Wildman–Crippen LogP) is 3.80. The van der Waals surface area contributed by atoms with Gasteiger partial charge in [-0.15, -0.1) is 0 Å². The van der Waals surface area contributed by atoms with Gasteiger partial charge in [0.1, 0.15) is 11.9 Å². The highest BCUT2D eigenvalue weighted by molar-refractivity contribution is 6.31. The fourth-order valence-electron chi connectivity index (χ4n) is 3.89. The van der Waals surface area contributed by atoms with Crippen LogP contribution in [0.1, 0.15) is 37.7 Å². The van der Waals surface area contributed by atoms with Crippen molar-refractivity contribution in [3.8, 4) is 17.1 Å². The first-order valence-electron chi connectivity index (χ1n) is 9.22. The number of aromatic nitrogens is 2. The quantitative estimate of drug-likeness (QED) is 0.868. The first-order valence-corrected chi connectivity index (χ1v) is 9.60. The van der Waals surface area contributed by atoms with Crippen molar-refractivity contribution in [3.05, 3.63) is 41.2 Å². The van der Waals surface area contributed by atoms with Gasteiger partial charge in [-0.05, 0) is 37.0 Å². The molecule has 0 saturated heterocycles. The van der Waals surface area contributed by atoms with Gasteiger partial charge >= 0.3 is 0 Å². The third-order valence-electron chi connectivity index (χ3n) is 5.15. The van der Waals surface area contributed by atoms with Gasteiger partial charge in [0.15, 0.2) is 5.82 Å². The largest absolute Gasteiger partial charge is 0.487 e. The summed E-state index contributed by atoms with van der Waals surface area (Å²) in [6, 6.07) is 5.53. The standard InChI is InChI=1S/C20H22ClN3O2/c21-15-9-14-10-16(12-24-18(25)8-13-4-1-2-5-13)26-19(14)17(11-15)20-22-6-3-7-23-20/h3,6-7,9,11,13,16H,1-2,4-5,8,10,12H2,(H,24,25)/t16-/m1/s1. The summed E-state index contributed by atoms with van der Waals surface area (Å²) in [5.74, 6) is 2.05. The van der Waals surface area contributed by atoms with Gasteiger partial charge < -0.3 is 10.1 Å². The second-order valence-corrected chi connectivity index (χ2v) is 7.55. The molecule has 136 valence electrons. The smallest absolute Gasteiger partial charge is 0.220 e. The van der Waals surface area contributed by atoms with Crippen LogP contribution >= 0.6 is 11.6 Å². The van der Waals surface area contributed by atoms with Crippen LogP contribution in [0.3, 0.4) is 0 Å². The number of ether oxygens (including phenoxy) is 1. The molecule has 2 aliphatic rings. The molecule has 0 bridgehead atoms. The third kappa shape index (κ3) is 3.83. The van der Waals surface area contributed by atoms with Crippen LogP contribution in [0.25, 0.3) is 11.4 Å². The first-order chi connectivity index (χ1) is 12.7. The molecule has 5 nitrogen and oxygen atoms in total. The zero-order valence-corrected chi connectivity index (χ0v) is 15.3. The minimum absolute atomic E-state index is 0.0848. The lowest BCUT2D eigenvalue weighted by atomic mass is 10.0. The number of nitrogens with one attached hydrogen (secondary N) is 1. The Morgan fingerprint density at radius 3 is 2.77 bits per heavy atom. The molecule has 1 aromatic heterocycles. The number of nitrogens with zero attached hydrogens (tertiary/aromatic N) is 2. The molecular weight excluding hydrogens is 350 g/mol. The topological polar surface area (TPSA) is 64.1 Å². The van der Waals surface area contributed by atoms with Crippen molar-refractivity contribution in [2.24, 2.45) is 5.92 Å². The van der Waals surface area contributed by atoms with Crippen molar-refractivity contribution in [2.45, 2.75) is 44.6 Å². The van der Waals surface area contributed by atoms with Gasteiger partial charge in [-0.3, -0.25) is 4.79 Å². The minimum atomic E-state index is -0.0848. The summed E-state index contributed by atoms with van der Waals surface area (Å²) in [5.41, 5.74) is 1.84. The van der Waals surface area contributed by atoms with E-state index >= 15 is 0 Å². The maximum atomic E-state index is 12.2. The normalized spacial score (nSPS) is 19.2. The number of fused-ring (bicyclic) bond motifs is 1. The van der Waals surface area contributed by atoms with E-state index in [1.807, 2.05) is 12.1 Å². The van der Waals surface area contributed by atoms with Crippen LogP contribution in [0.15, 0.2) is 30.6 Å². The molecule has 6 heteroatoms. The summed E-state index contributed by atoms with van der Waals surface area (Å²) in [6.07, 6.45) is 9.53. The van der Waals surface area contributed by atoms with Crippen LogP contribution in [-0.2, 0) is 11.2 Å². The Morgan fingerprint density at radius 2 is 2.00 bits per heavy atom. The lowest BCUT2D eigenvalue weighted by Gasteiger charge is -2.14. The molecule has 1 amide bonds. The fraction of sp³-hybridized carbons (Fsp3) is 0.450. The molecular formula is C20H22ClN3O2. The van der Waals surface area contributed by atoms with Gasteiger partial charge in [0.25, 0.3) is 0 Å². The third-order valence-corrected chi connectivity index (χ3v) is 5.36. The molecule has 26 heavy (non-hydrogen) atoms. The number of hydrogen-bond acceptors (Lipinski definition) is 4. The Hall–Kier alpha value is -2.14. The highest BCUT2D eigenvalue weighted by Gasteiger charge is 2.28. The highest BCUT2D eigenvalue weighted by atomic mass is 35.5. The monoisotopic (exact) mass is 371 g/mol. The van der Waals surface area contributed by atoms with Crippen molar-refractivity contribution < 1.29 is 9.53 Å². The van der Waals surface area contributed by atoms with E-state index in [4.69, 9.17) is 16.3 Å². The molecule has 1 atom stereocenters. The molecule has 0 radical (unpaired) electrons. The van der Waals surface area contributed by atoms with Crippen LogP contribution in [-0.4, -0.2) is 28.5 Å². The zero-order chi connectivity index (χ0) is 17.9. The van der Waals surface area contributed by atoms with Gasteiger partial charge in [0.05, 0.1) is 12.1 Å². The molecule has 1 saturated carbocycles. The molecule has 0 unspecified atom stereocenters. The number of carbonyl (C=O) groups is 1. The molecule has 1 aromatic carbocycles. The maximum absolute atomic E-state index is 12.2. The zero-order valence-electron chi connectivity index (χ0n) is 14.6. The summed E-state index contributed by atoms with van der Waals surface area (Å²) < 4.78 is 6.11. The van der Waals surface area contributed by atoms with E-state index in [1.54, 1.807) is 18.5 Å². The Morgan fingerprint density at radius 1 is 1.23 bits per heavy atom. The fourth-order valence-corrected chi connectivity index (χ4v) is 4.13. The predicted molar refractivity (Wildman–Crippen MR) is 100 cm³/mol. The van der Waals surface area contributed by atoms with E-state index < -0.39 is 0 Å². The van der Waals surface area contributed by atoms with Gasteiger partial charge in [-0.25, -0.2) is 9.97 Å². The number of benzene rings is 1. The van der Waals surface area contributed by atoms with Crippen LogP contribution in [0.5, 0.6) is 5.75 Å². The molecule has 1 fully saturated rings. The van der Waals surface area contributed by atoms with E-state index in [9.17, 15) is 4.79 Å². The van der Waals surface area contributed by atoms with Gasteiger partial charge in [0, 0.05) is 35.8 Å². The molecule has 1 aliphatic heterocycles. The minimum Gasteiger partial charge on any atom is -0.487 e. The number of halogens is 1. The lowest BCUT2D eigenvalue weighted by molar-refractivity contribution is -0.122. The molecule has 2 aromatic rings. The Balaban J connectivity index is 1.41. The van der Waals surface area contributed by atoms with E-state index in [-0.39, 0.29) is 12.0 Å². The number of hydrogen-bond donors (Lipinski definition) is 1. The second kappa shape index (κ2) is 7.62. The average Bonchev–Trinajstić information content (AvgIpc) is 3.29. The van der Waals surface area contributed by atoms with Gasteiger partial charge in [0.2, 0.25) is 5.91 Å². The van der Waals surface area contributed by atoms with E-state index in [0.717, 1.165) is 23.3 Å². The van der Waals surface area contributed by atoms with Crippen molar-refractivity contribution >= 4 is 17.5 Å².